The second-order valence-electron chi connectivity index (χ2n) is 7.28. The van der Waals surface area contributed by atoms with Crippen LogP contribution in [0.4, 0.5) is 0 Å². The van der Waals surface area contributed by atoms with Gasteiger partial charge in [0.2, 0.25) is 11.8 Å². The van der Waals surface area contributed by atoms with Gasteiger partial charge in [-0.1, -0.05) is 32.0 Å². The van der Waals surface area contributed by atoms with Crippen LogP contribution in [0.2, 0.25) is 0 Å². The van der Waals surface area contributed by atoms with E-state index in [1.807, 2.05) is 42.0 Å². The van der Waals surface area contributed by atoms with Crippen LogP contribution in [0.1, 0.15) is 31.7 Å². The van der Waals surface area contributed by atoms with Crippen LogP contribution in [-0.4, -0.2) is 39.4 Å². The lowest BCUT2D eigenvalue weighted by atomic mass is 10.1. The number of para-hydroxylation sites is 1. The molecule has 0 radical (unpaired) electrons. The van der Waals surface area contributed by atoms with E-state index in [1.54, 1.807) is 11.1 Å². The first-order chi connectivity index (χ1) is 12.5. The van der Waals surface area contributed by atoms with Crippen molar-refractivity contribution in [2.45, 2.75) is 33.7 Å². The Kier molecular flexibility index (Phi) is 5.40. The smallest absolute Gasteiger partial charge is 0.225 e. The van der Waals surface area contributed by atoms with Crippen molar-refractivity contribution < 1.29 is 9.59 Å². The first-order valence-corrected chi connectivity index (χ1v) is 9.09. The predicted molar refractivity (Wildman–Crippen MR) is 99.7 cm³/mol. The molecular formula is C20H26N4O2. The topological polar surface area (TPSA) is 67.2 Å². The van der Waals surface area contributed by atoms with E-state index >= 15 is 0 Å². The molecule has 6 heteroatoms. The first-order valence-electron chi connectivity index (χ1n) is 9.09. The van der Waals surface area contributed by atoms with Crippen molar-refractivity contribution in [2.75, 3.05) is 13.1 Å². The molecular weight excluding hydrogens is 328 g/mol. The molecule has 1 atom stereocenters. The number of aryl methyl sites for hydroxylation is 1. The molecule has 1 N–H and O–H groups in total. The van der Waals surface area contributed by atoms with Crippen molar-refractivity contribution in [3.8, 4) is 5.69 Å². The molecule has 1 aliphatic rings. The van der Waals surface area contributed by atoms with Crippen molar-refractivity contribution in [3.05, 3.63) is 48.0 Å². The molecule has 3 rings (SSSR count). The molecule has 2 aromatic rings. The molecule has 1 aliphatic heterocycles. The molecule has 0 unspecified atom stereocenters. The lowest BCUT2D eigenvalue weighted by Crippen LogP contribution is -2.34. The summed E-state index contributed by atoms with van der Waals surface area (Å²) in [6.45, 7) is 7.77. The van der Waals surface area contributed by atoms with E-state index in [-0.39, 0.29) is 17.7 Å². The average Bonchev–Trinajstić information content (AvgIpc) is 3.18. The zero-order valence-electron chi connectivity index (χ0n) is 15.6. The highest BCUT2D eigenvalue weighted by Gasteiger charge is 2.34. The third-order valence-corrected chi connectivity index (χ3v) is 4.70. The molecule has 2 amide bonds. The Morgan fingerprint density at radius 3 is 2.81 bits per heavy atom. The number of rotatable bonds is 6. The van der Waals surface area contributed by atoms with Crippen molar-refractivity contribution >= 4 is 11.8 Å². The molecule has 0 saturated carbocycles. The number of imidazole rings is 1. The van der Waals surface area contributed by atoms with E-state index in [4.69, 9.17) is 0 Å². The Hall–Kier alpha value is -2.63. The second kappa shape index (κ2) is 7.72. The number of likely N-dealkylation sites (tertiary alicyclic amines) is 1. The minimum Gasteiger partial charge on any atom is -0.352 e. The van der Waals surface area contributed by atoms with Gasteiger partial charge in [-0.15, -0.1) is 0 Å². The monoisotopic (exact) mass is 354 g/mol. The summed E-state index contributed by atoms with van der Waals surface area (Å²) in [6.07, 6.45) is 3.98. The summed E-state index contributed by atoms with van der Waals surface area (Å²) in [5.74, 6) is 1.07. The largest absolute Gasteiger partial charge is 0.352 e. The van der Waals surface area contributed by atoms with E-state index in [1.165, 1.54) is 0 Å². The molecule has 6 nitrogen and oxygen atoms in total. The molecule has 1 fully saturated rings. The minimum atomic E-state index is -0.261. The van der Waals surface area contributed by atoms with Gasteiger partial charge in [0, 0.05) is 38.4 Å². The molecule has 1 saturated heterocycles. The number of carbonyl (C=O) groups excluding carboxylic acids is 2. The third kappa shape index (κ3) is 3.95. The minimum absolute atomic E-state index is 0.0539. The molecule has 1 aromatic carbocycles. The summed E-state index contributed by atoms with van der Waals surface area (Å²) in [7, 11) is 0. The maximum absolute atomic E-state index is 12.6. The number of nitrogens with zero attached hydrogens (tertiary/aromatic N) is 3. The number of carbonyl (C=O) groups is 2. The normalized spacial score (nSPS) is 17.2. The SMILES string of the molecule is Cc1nccn1-c1ccccc1CNC(=O)[C@@H]1CC(=O)N(CC(C)C)C1. The third-order valence-electron chi connectivity index (χ3n) is 4.70. The first kappa shape index (κ1) is 18.2. The fourth-order valence-corrected chi connectivity index (χ4v) is 3.42. The summed E-state index contributed by atoms with van der Waals surface area (Å²) < 4.78 is 2.00. The Morgan fingerprint density at radius 1 is 1.35 bits per heavy atom. The highest BCUT2D eigenvalue weighted by molar-refractivity contribution is 5.89. The van der Waals surface area contributed by atoms with Gasteiger partial charge >= 0.3 is 0 Å². The van der Waals surface area contributed by atoms with Gasteiger partial charge in [0.05, 0.1) is 11.6 Å². The molecule has 26 heavy (non-hydrogen) atoms. The van der Waals surface area contributed by atoms with Crippen LogP contribution in [0.25, 0.3) is 5.69 Å². The fourth-order valence-electron chi connectivity index (χ4n) is 3.42. The van der Waals surface area contributed by atoms with Crippen LogP contribution in [0.5, 0.6) is 0 Å². The number of benzene rings is 1. The lowest BCUT2D eigenvalue weighted by Gasteiger charge is -2.19. The maximum Gasteiger partial charge on any atom is 0.225 e. The van der Waals surface area contributed by atoms with E-state index in [9.17, 15) is 9.59 Å². The number of aromatic nitrogens is 2. The van der Waals surface area contributed by atoms with E-state index in [0.717, 1.165) is 17.1 Å². The summed E-state index contributed by atoms with van der Waals surface area (Å²) in [5, 5.41) is 3.01. The fraction of sp³-hybridized carbons (Fsp3) is 0.450. The van der Waals surface area contributed by atoms with Gasteiger partial charge in [-0.05, 0) is 24.5 Å². The van der Waals surface area contributed by atoms with Gasteiger partial charge in [0.1, 0.15) is 5.82 Å². The average molecular weight is 354 g/mol. The summed E-state index contributed by atoms with van der Waals surface area (Å²) >= 11 is 0. The number of amides is 2. The van der Waals surface area contributed by atoms with E-state index in [0.29, 0.717) is 32.0 Å². The van der Waals surface area contributed by atoms with Crippen LogP contribution in [0, 0.1) is 18.8 Å². The standard InChI is InChI=1S/C20H26N4O2/c1-14(2)12-23-13-17(10-19(23)25)20(26)22-11-16-6-4-5-7-18(16)24-9-8-21-15(24)3/h4-9,14,17H,10-13H2,1-3H3,(H,22,26)/t17-/m1/s1. The number of hydrogen-bond donors (Lipinski definition) is 1. The van der Waals surface area contributed by atoms with Gasteiger partial charge in [-0.3, -0.25) is 9.59 Å². The Bertz CT molecular complexity index is 797. The van der Waals surface area contributed by atoms with Crippen LogP contribution in [-0.2, 0) is 16.1 Å². The van der Waals surface area contributed by atoms with Crippen molar-refractivity contribution in [3.63, 3.8) is 0 Å². The summed E-state index contributed by atoms with van der Waals surface area (Å²) in [6, 6.07) is 7.94. The van der Waals surface area contributed by atoms with E-state index < -0.39 is 0 Å². The molecule has 2 heterocycles. The molecule has 0 spiro atoms. The Labute approximate surface area is 154 Å². The quantitative estimate of drug-likeness (QED) is 0.865. The zero-order chi connectivity index (χ0) is 18.7. The van der Waals surface area contributed by atoms with Crippen LogP contribution < -0.4 is 5.32 Å². The zero-order valence-corrected chi connectivity index (χ0v) is 15.6. The van der Waals surface area contributed by atoms with Crippen LogP contribution in [0.15, 0.2) is 36.7 Å². The summed E-state index contributed by atoms with van der Waals surface area (Å²) in [5.41, 5.74) is 2.03. The van der Waals surface area contributed by atoms with Gasteiger partial charge in [-0.25, -0.2) is 4.98 Å². The maximum atomic E-state index is 12.6. The number of nitrogens with one attached hydrogen (secondary N) is 1. The van der Waals surface area contributed by atoms with Gasteiger partial charge in [0.25, 0.3) is 0 Å². The van der Waals surface area contributed by atoms with Crippen molar-refractivity contribution in [2.24, 2.45) is 11.8 Å². The second-order valence-corrected chi connectivity index (χ2v) is 7.28. The molecule has 0 bridgehead atoms. The van der Waals surface area contributed by atoms with Gasteiger partial charge in [0.15, 0.2) is 0 Å². The van der Waals surface area contributed by atoms with Gasteiger partial charge < -0.3 is 14.8 Å². The molecule has 0 aliphatic carbocycles. The molecule has 138 valence electrons. The number of hydrogen-bond acceptors (Lipinski definition) is 3. The predicted octanol–water partition coefficient (Wildman–Crippen LogP) is 2.30. The van der Waals surface area contributed by atoms with Crippen molar-refractivity contribution in [1.82, 2.24) is 19.8 Å². The molecule has 1 aromatic heterocycles. The van der Waals surface area contributed by atoms with Gasteiger partial charge in [-0.2, -0.15) is 0 Å². The van der Waals surface area contributed by atoms with Crippen LogP contribution >= 0.6 is 0 Å². The Morgan fingerprint density at radius 2 is 2.12 bits per heavy atom. The Balaban J connectivity index is 1.64. The van der Waals surface area contributed by atoms with E-state index in [2.05, 4.69) is 24.1 Å². The highest BCUT2D eigenvalue weighted by Crippen LogP contribution is 2.20. The van der Waals surface area contributed by atoms with Crippen LogP contribution in [0.3, 0.4) is 0 Å². The van der Waals surface area contributed by atoms with Crippen molar-refractivity contribution in [1.29, 1.82) is 0 Å². The summed E-state index contributed by atoms with van der Waals surface area (Å²) in [4.78, 5) is 30.7. The highest BCUT2D eigenvalue weighted by atomic mass is 16.2. The lowest BCUT2D eigenvalue weighted by molar-refractivity contribution is -0.129.